The van der Waals surface area contributed by atoms with Crippen LogP contribution in [0.1, 0.15) is 23.5 Å². The number of benzene rings is 2. The molecule has 6 heteroatoms. The second kappa shape index (κ2) is 9.22. The molecule has 0 unspecified atom stereocenters. The molecule has 1 aliphatic rings. The summed E-state index contributed by atoms with van der Waals surface area (Å²) in [5.41, 5.74) is 2.32. The zero-order chi connectivity index (χ0) is 20.2. The van der Waals surface area contributed by atoms with Gasteiger partial charge in [0.2, 0.25) is 0 Å². The van der Waals surface area contributed by atoms with Crippen molar-refractivity contribution in [2.45, 2.75) is 26.0 Å². The van der Waals surface area contributed by atoms with Gasteiger partial charge in [-0.15, -0.1) is 11.3 Å². The maximum Gasteiger partial charge on any atom is 0.121 e. The molecule has 0 bridgehead atoms. The highest BCUT2D eigenvalue weighted by Gasteiger charge is 2.23. The van der Waals surface area contributed by atoms with Gasteiger partial charge in [0.15, 0.2) is 0 Å². The summed E-state index contributed by atoms with van der Waals surface area (Å²) in [7, 11) is 0. The first-order valence-electron chi connectivity index (χ1n) is 10.3. The predicted octanol–water partition coefficient (Wildman–Crippen LogP) is 3.72. The Bertz CT molecular complexity index is 922. The quantitative estimate of drug-likeness (QED) is 0.642. The Kier molecular flexibility index (Phi) is 6.45. The minimum Gasteiger partial charge on any atom is -0.491 e. The standard InChI is InChI=1S/C23H29N3O2S/c1-17(19-6-4-3-5-7-19)26-12-10-25(11-13-26)15-20(27)16-28-21-8-9-23-22(14-21)24-18(2)29-23/h3-9,14,17,20,27H,10-13,15-16H2,1-2H3/t17-,20-/m1/s1. The van der Waals surface area contributed by atoms with Gasteiger partial charge in [0, 0.05) is 44.8 Å². The Morgan fingerprint density at radius 2 is 1.86 bits per heavy atom. The lowest BCUT2D eigenvalue weighted by Gasteiger charge is -2.38. The molecule has 5 nitrogen and oxygen atoms in total. The monoisotopic (exact) mass is 411 g/mol. The largest absolute Gasteiger partial charge is 0.491 e. The molecule has 0 amide bonds. The molecule has 154 valence electrons. The van der Waals surface area contributed by atoms with Crippen LogP contribution in [-0.4, -0.2) is 65.3 Å². The molecule has 0 aliphatic carbocycles. The van der Waals surface area contributed by atoms with Crippen LogP contribution in [0.5, 0.6) is 5.75 Å². The Morgan fingerprint density at radius 1 is 1.10 bits per heavy atom. The molecule has 3 aromatic rings. The number of rotatable bonds is 7. The Morgan fingerprint density at radius 3 is 2.62 bits per heavy atom. The number of β-amino-alcohol motifs (C(OH)–C–C–N with tert-alkyl or cyclic N) is 1. The minimum atomic E-state index is -0.499. The van der Waals surface area contributed by atoms with E-state index in [-0.39, 0.29) is 0 Å². The molecule has 1 fully saturated rings. The van der Waals surface area contributed by atoms with E-state index >= 15 is 0 Å². The van der Waals surface area contributed by atoms with Crippen molar-refractivity contribution in [2.24, 2.45) is 0 Å². The van der Waals surface area contributed by atoms with Crippen LogP contribution in [0.2, 0.25) is 0 Å². The molecule has 1 aliphatic heterocycles. The smallest absolute Gasteiger partial charge is 0.121 e. The Labute approximate surface area is 176 Å². The fraction of sp³-hybridized carbons (Fsp3) is 0.435. The molecule has 1 aromatic heterocycles. The maximum absolute atomic E-state index is 10.4. The Hall–Kier alpha value is -1.99. The lowest BCUT2D eigenvalue weighted by atomic mass is 10.1. The van der Waals surface area contributed by atoms with Gasteiger partial charge in [-0.05, 0) is 31.5 Å². The van der Waals surface area contributed by atoms with Crippen molar-refractivity contribution in [3.63, 3.8) is 0 Å². The summed E-state index contributed by atoms with van der Waals surface area (Å²) in [6, 6.07) is 17.0. The van der Waals surface area contributed by atoms with E-state index in [9.17, 15) is 5.11 Å². The summed E-state index contributed by atoms with van der Waals surface area (Å²) in [6.45, 7) is 9.20. The van der Waals surface area contributed by atoms with Crippen molar-refractivity contribution >= 4 is 21.6 Å². The number of nitrogens with zero attached hydrogens (tertiary/aromatic N) is 3. The van der Waals surface area contributed by atoms with Crippen molar-refractivity contribution in [2.75, 3.05) is 39.3 Å². The van der Waals surface area contributed by atoms with Crippen LogP contribution in [0.15, 0.2) is 48.5 Å². The highest BCUT2D eigenvalue weighted by atomic mass is 32.1. The highest BCUT2D eigenvalue weighted by molar-refractivity contribution is 7.18. The second-order valence-corrected chi connectivity index (χ2v) is 8.99. The summed E-state index contributed by atoms with van der Waals surface area (Å²) in [5.74, 6) is 0.767. The van der Waals surface area contributed by atoms with Crippen LogP contribution < -0.4 is 4.74 Å². The van der Waals surface area contributed by atoms with E-state index in [1.54, 1.807) is 11.3 Å². The van der Waals surface area contributed by atoms with Crippen LogP contribution in [0.25, 0.3) is 10.2 Å². The number of aryl methyl sites for hydroxylation is 1. The number of ether oxygens (including phenoxy) is 1. The number of piperazine rings is 1. The molecule has 0 saturated carbocycles. The summed E-state index contributed by atoms with van der Waals surface area (Å²) >= 11 is 1.68. The third kappa shape index (κ3) is 5.14. The molecular weight excluding hydrogens is 382 g/mol. The van der Waals surface area contributed by atoms with Gasteiger partial charge in [-0.2, -0.15) is 0 Å². The third-order valence-electron chi connectivity index (χ3n) is 5.61. The van der Waals surface area contributed by atoms with Gasteiger partial charge >= 0.3 is 0 Å². The van der Waals surface area contributed by atoms with Crippen molar-refractivity contribution in [3.05, 3.63) is 59.1 Å². The Balaban J connectivity index is 1.22. The summed E-state index contributed by atoms with van der Waals surface area (Å²) in [4.78, 5) is 9.34. The topological polar surface area (TPSA) is 48.8 Å². The second-order valence-electron chi connectivity index (χ2n) is 7.75. The van der Waals surface area contributed by atoms with Crippen molar-refractivity contribution < 1.29 is 9.84 Å². The SMILES string of the molecule is Cc1nc2cc(OC[C@H](O)CN3CCN([C@H](C)c4ccccc4)CC3)ccc2s1. The van der Waals surface area contributed by atoms with Gasteiger partial charge in [-0.25, -0.2) is 4.98 Å². The average molecular weight is 412 g/mol. The zero-order valence-electron chi connectivity index (χ0n) is 17.1. The maximum atomic E-state index is 10.4. The average Bonchev–Trinajstić information content (AvgIpc) is 3.12. The van der Waals surface area contributed by atoms with Gasteiger partial charge in [-0.1, -0.05) is 30.3 Å². The van der Waals surface area contributed by atoms with Crippen molar-refractivity contribution in [3.8, 4) is 5.75 Å². The van der Waals surface area contributed by atoms with E-state index in [4.69, 9.17) is 4.74 Å². The molecule has 2 atom stereocenters. The van der Waals surface area contributed by atoms with Gasteiger partial charge in [0.05, 0.1) is 15.2 Å². The van der Waals surface area contributed by atoms with Crippen LogP contribution in [-0.2, 0) is 0 Å². The summed E-state index contributed by atoms with van der Waals surface area (Å²) in [6.07, 6.45) is -0.499. The molecule has 2 heterocycles. The normalized spacial score (nSPS) is 18.0. The van der Waals surface area contributed by atoms with Crippen LogP contribution in [0, 0.1) is 6.92 Å². The minimum absolute atomic E-state index is 0.301. The van der Waals surface area contributed by atoms with Gasteiger partial charge in [0.25, 0.3) is 0 Å². The molecule has 2 aromatic carbocycles. The number of hydrogen-bond acceptors (Lipinski definition) is 6. The fourth-order valence-corrected chi connectivity index (χ4v) is 4.74. The number of hydrogen-bond donors (Lipinski definition) is 1. The number of aromatic nitrogens is 1. The van der Waals surface area contributed by atoms with Gasteiger partial charge in [-0.3, -0.25) is 9.80 Å². The van der Waals surface area contributed by atoms with E-state index in [0.29, 0.717) is 19.2 Å². The van der Waals surface area contributed by atoms with E-state index in [1.807, 2.05) is 25.1 Å². The predicted molar refractivity (Wildman–Crippen MR) is 119 cm³/mol. The van der Waals surface area contributed by atoms with E-state index in [2.05, 4.69) is 52.0 Å². The first kappa shape index (κ1) is 20.3. The summed E-state index contributed by atoms with van der Waals surface area (Å²) < 4.78 is 6.99. The zero-order valence-corrected chi connectivity index (χ0v) is 17.9. The number of fused-ring (bicyclic) bond motifs is 1. The highest BCUT2D eigenvalue weighted by Crippen LogP contribution is 2.26. The molecular formula is C23H29N3O2S. The van der Waals surface area contributed by atoms with Crippen LogP contribution in [0.4, 0.5) is 0 Å². The summed E-state index contributed by atoms with van der Waals surface area (Å²) in [5, 5.41) is 11.5. The van der Waals surface area contributed by atoms with Crippen LogP contribution >= 0.6 is 11.3 Å². The number of aliphatic hydroxyl groups excluding tert-OH is 1. The lowest BCUT2D eigenvalue weighted by molar-refractivity contribution is 0.0381. The first-order chi connectivity index (χ1) is 14.1. The molecule has 0 spiro atoms. The van der Waals surface area contributed by atoms with E-state index in [0.717, 1.165) is 47.2 Å². The molecule has 1 saturated heterocycles. The third-order valence-corrected chi connectivity index (χ3v) is 6.57. The molecule has 1 N–H and O–H groups in total. The van der Waals surface area contributed by atoms with E-state index < -0.39 is 6.10 Å². The number of thiazole rings is 1. The molecule has 4 rings (SSSR count). The fourth-order valence-electron chi connectivity index (χ4n) is 3.93. The molecule has 29 heavy (non-hydrogen) atoms. The van der Waals surface area contributed by atoms with Crippen molar-refractivity contribution in [1.82, 2.24) is 14.8 Å². The van der Waals surface area contributed by atoms with Crippen molar-refractivity contribution in [1.29, 1.82) is 0 Å². The van der Waals surface area contributed by atoms with Gasteiger partial charge < -0.3 is 9.84 Å². The lowest BCUT2D eigenvalue weighted by Crippen LogP contribution is -2.49. The van der Waals surface area contributed by atoms with Crippen LogP contribution in [0.3, 0.4) is 0 Å². The van der Waals surface area contributed by atoms with Gasteiger partial charge in [0.1, 0.15) is 18.5 Å². The first-order valence-corrected chi connectivity index (χ1v) is 11.1. The molecule has 0 radical (unpaired) electrons. The van der Waals surface area contributed by atoms with E-state index in [1.165, 1.54) is 5.56 Å². The number of aliphatic hydroxyl groups is 1.